The Morgan fingerprint density at radius 3 is 3.06 bits per heavy atom. The van der Waals surface area contributed by atoms with Crippen molar-refractivity contribution in [1.29, 1.82) is 0 Å². The minimum Gasteiger partial charge on any atom is -0.497 e. The molecule has 98 valence electrons. The maximum absolute atomic E-state index is 11.1. The Hall–Kier alpha value is -1.75. The van der Waals surface area contributed by atoms with Gasteiger partial charge in [-0.05, 0) is 18.6 Å². The van der Waals surface area contributed by atoms with Crippen LogP contribution in [0, 0.1) is 5.92 Å². The van der Waals surface area contributed by atoms with Crippen LogP contribution in [0.5, 0.6) is 5.75 Å². The van der Waals surface area contributed by atoms with Gasteiger partial charge in [0, 0.05) is 25.1 Å². The van der Waals surface area contributed by atoms with Gasteiger partial charge < -0.3 is 19.9 Å². The second-order valence-corrected chi connectivity index (χ2v) is 4.33. The molecule has 0 saturated carbocycles. The molecule has 0 spiro atoms. The number of nitrogens with one attached hydrogen (secondary N) is 1. The Morgan fingerprint density at radius 1 is 1.61 bits per heavy atom. The van der Waals surface area contributed by atoms with Crippen LogP contribution < -0.4 is 10.1 Å². The fourth-order valence-electron chi connectivity index (χ4n) is 1.98. The lowest BCUT2D eigenvalue weighted by Crippen LogP contribution is -2.16. The van der Waals surface area contributed by atoms with Gasteiger partial charge in [-0.2, -0.15) is 0 Å². The smallest absolute Gasteiger partial charge is 0.337 e. The molecule has 0 radical (unpaired) electrons. The number of methoxy groups -OCH3 is 1. The Labute approximate surface area is 106 Å². The highest BCUT2D eigenvalue weighted by Crippen LogP contribution is 2.23. The molecule has 1 saturated heterocycles. The monoisotopic (exact) mass is 251 g/mol. The number of anilines is 1. The largest absolute Gasteiger partial charge is 0.497 e. The molecule has 1 fully saturated rings. The summed E-state index contributed by atoms with van der Waals surface area (Å²) in [5.41, 5.74) is 0.850. The Bertz CT molecular complexity index is 427. The first-order valence-corrected chi connectivity index (χ1v) is 5.93. The van der Waals surface area contributed by atoms with E-state index in [1.807, 2.05) is 0 Å². The summed E-state index contributed by atoms with van der Waals surface area (Å²) < 4.78 is 10.4. The minimum atomic E-state index is -0.942. The van der Waals surface area contributed by atoms with E-state index in [1.165, 1.54) is 0 Å². The van der Waals surface area contributed by atoms with E-state index in [0.717, 1.165) is 19.6 Å². The van der Waals surface area contributed by atoms with Gasteiger partial charge in [-0.15, -0.1) is 0 Å². The molecule has 5 nitrogen and oxygen atoms in total. The summed E-state index contributed by atoms with van der Waals surface area (Å²) in [7, 11) is 1.56. The van der Waals surface area contributed by atoms with E-state index in [0.29, 0.717) is 23.9 Å². The van der Waals surface area contributed by atoms with Gasteiger partial charge in [-0.3, -0.25) is 0 Å². The number of ether oxygens (including phenoxy) is 2. The SMILES string of the molecule is COc1ccc(C(=O)O)c(NCC2CCOC2)c1. The van der Waals surface area contributed by atoms with Crippen molar-refractivity contribution in [3.05, 3.63) is 23.8 Å². The zero-order chi connectivity index (χ0) is 13.0. The molecule has 1 atom stereocenters. The van der Waals surface area contributed by atoms with Gasteiger partial charge in [-0.1, -0.05) is 0 Å². The highest BCUT2D eigenvalue weighted by Gasteiger charge is 2.17. The summed E-state index contributed by atoms with van der Waals surface area (Å²) in [5, 5.41) is 12.3. The third-order valence-corrected chi connectivity index (χ3v) is 3.06. The van der Waals surface area contributed by atoms with E-state index in [2.05, 4.69) is 5.32 Å². The number of carbonyl (C=O) groups is 1. The molecule has 1 aliphatic rings. The average Bonchev–Trinajstić information content (AvgIpc) is 2.88. The molecule has 0 amide bonds. The molecule has 5 heteroatoms. The van der Waals surface area contributed by atoms with Crippen molar-refractivity contribution in [2.45, 2.75) is 6.42 Å². The number of hydrogen-bond donors (Lipinski definition) is 2. The molecule has 1 aliphatic heterocycles. The number of benzene rings is 1. The van der Waals surface area contributed by atoms with Crippen LogP contribution in [0.1, 0.15) is 16.8 Å². The quantitative estimate of drug-likeness (QED) is 0.835. The standard InChI is InChI=1S/C13H17NO4/c1-17-10-2-3-11(13(15)16)12(6-10)14-7-9-4-5-18-8-9/h2-3,6,9,14H,4-5,7-8H2,1H3,(H,15,16). The van der Waals surface area contributed by atoms with Gasteiger partial charge in [0.1, 0.15) is 5.75 Å². The highest BCUT2D eigenvalue weighted by molar-refractivity contribution is 5.94. The molecular weight excluding hydrogens is 234 g/mol. The number of rotatable bonds is 5. The fourth-order valence-corrected chi connectivity index (χ4v) is 1.98. The maximum Gasteiger partial charge on any atom is 0.337 e. The lowest BCUT2D eigenvalue weighted by molar-refractivity contribution is 0.0698. The molecule has 1 unspecified atom stereocenters. The lowest BCUT2D eigenvalue weighted by atomic mass is 10.1. The van der Waals surface area contributed by atoms with E-state index in [1.54, 1.807) is 25.3 Å². The van der Waals surface area contributed by atoms with E-state index in [9.17, 15) is 4.79 Å². The number of carboxylic acids is 1. The second-order valence-electron chi connectivity index (χ2n) is 4.33. The number of aromatic carboxylic acids is 1. The normalized spacial score (nSPS) is 18.6. The zero-order valence-electron chi connectivity index (χ0n) is 10.3. The van der Waals surface area contributed by atoms with E-state index in [-0.39, 0.29) is 5.56 Å². The maximum atomic E-state index is 11.1. The first-order chi connectivity index (χ1) is 8.70. The molecular formula is C13H17NO4. The van der Waals surface area contributed by atoms with Crippen molar-refractivity contribution in [3.63, 3.8) is 0 Å². The van der Waals surface area contributed by atoms with E-state index >= 15 is 0 Å². The molecule has 1 aromatic carbocycles. The number of carboxylic acid groups (broad SMARTS) is 1. The van der Waals surface area contributed by atoms with Crippen LogP contribution in [0.2, 0.25) is 0 Å². The molecule has 18 heavy (non-hydrogen) atoms. The van der Waals surface area contributed by atoms with Gasteiger partial charge in [0.25, 0.3) is 0 Å². The predicted molar refractivity (Wildman–Crippen MR) is 67.4 cm³/mol. The van der Waals surface area contributed by atoms with Crippen LogP contribution in [0.15, 0.2) is 18.2 Å². The third-order valence-electron chi connectivity index (χ3n) is 3.06. The highest BCUT2D eigenvalue weighted by atomic mass is 16.5. The van der Waals surface area contributed by atoms with E-state index < -0.39 is 5.97 Å². The van der Waals surface area contributed by atoms with Gasteiger partial charge in [0.05, 0.1) is 25.0 Å². The fraction of sp³-hybridized carbons (Fsp3) is 0.462. The van der Waals surface area contributed by atoms with Crippen molar-refractivity contribution in [1.82, 2.24) is 0 Å². The van der Waals surface area contributed by atoms with Crippen LogP contribution in [-0.2, 0) is 4.74 Å². The third kappa shape index (κ3) is 2.92. The second kappa shape index (κ2) is 5.73. The summed E-state index contributed by atoms with van der Waals surface area (Å²) >= 11 is 0. The molecule has 1 aromatic rings. The van der Waals surface area contributed by atoms with Crippen LogP contribution in [-0.4, -0.2) is 37.9 Å². The Balaban J connectivity index is 2.10. The average molecular weight is 251 g/mol. The lowest BCUT2D eigenvalue weighted by Gasteiger charge is -2.14. The predicted octanol–water partition coefficient (Wildman–Crippen LogP) is 1.84. The molecule has 1 heterocycles. The molecule has 0 aliphatic carbocycles. The minimum absolute atomic E-state index is 0.259. The van der Waals surface area contributed by atoms with E-state index in [4.69, 9.17) is 14.6 Å². The van der Waals surface area contributed by atoms with Crippen LogP contribution in [0.4, 0.5) is 5.69 Å². The van der Waals surface area contributed by atoms with Crippen molar-refractivity contribution >= 4 is 11.7 Å². The zero-order valence-corrected chi connectivity index (χ0v) is 10.3. The Kier molecular flexibility index (Phi) is 4.04. The van der Waals surface area contributed by atoms with Crippen molar-refractivity contribution < 1.29 is 19.4 Å². The molecule has 0 aromatic heterocycles. The summed E-state index contributed by atoms with van der Waals surface area (Å²) in [5.74, 6) is 0.144. The van der Waals surface area contributed by atoms with Gasteiger partial charge >= 0.3 is 5.97 Å². The first kappa shape index (κ1) is 12.7. The Morgan fingerprint density at radius 2 is 2.44 bits per heavy atom. The number of hydrogen-bond acceptors (Lipinski definition) is 4. The van der Waals surface area contributed by atoms with Crippen LogP contribution in [0.25, 0.3) is 0 Å². The summed E-state index contributed by atoms with van der Waals surface area (Å²) in [6.45, 7) is 2.24. The van der Waals surface area contributed by atoms with Gasteiger partial charge in [-0.25, -0.2) is 4.79 Å². The van der Waals surface area contributed by atoms with Crippen molar-refractivity contribution in [3.8, 4) is 5.75 Å². The molecule has 2 rings (SSSR count). The van der Waals surface area contributed by atoms with Gasteiger partial charge in [0.2, 0.25) is 0 Å². The summed E-state index contributed by atoms with van der Waals surface area (Å²) in [6, 6.07) is 4.90. The summed E-state index contributed by atoms with van der Waals surface area (Å²) in [4.78, 5) is 11.1. The molecule has 0 bridgehead atoms. The van der Waals surface area contributed by atoms with Crippen LogP contribution >= 0.6 is 0 Å². The topological polar surface area (TPSA) is 67.8 Å². The summed E-state index contributed by atoms with van der Waals surface area (Å²) in [6.07, 6.45) is 1.01. The van der Waals surface area contributed by atoms with Crippen LogP contribution in [0.3, 0.4) is 0 Å². The molecule has 2 N–H and O–H groups in total. The first-order valence-electron chi connectivity index (χ1n) is 5.93. The van der Waals surface area contributed by atoms with Crippen molar-refractivity contribution in [2.75, 3.05) is 32.2 Å². The van der Waals surface area contributed by atoms with Gasteiger partial charge in [0.15, 0.2) is 0 Å². The van der Waals surface area contributed by atoms with Crippen molar-refractivity contribution in [2.24, 2.45) is 5.92 Å².